The highest BCUT2D eigenvalue weighted by molar-refractivity contribution is 6.30. The van der Waals surface area contributed by atoms with E-state index in [0.29, 0.717) is 17.0 Å². The Kier molecular flexibility index (Phi) is 5.74. The number of halogens is 2. The van der Waals surface area contributed by atoms with Gasteiger partial charge in [-0.05, 0) is 36.1 Å². The Morgan fingerprint density at radius 1 is 1.19 bits per heavy atom. The van der Waals surface area contributed by atoms with Gasteiger partial charge in [0.15, 0.2) is 0 Å². The summed E-state index contributed by atoms with van der Waals surface area (Å²) >= 11 is 5.79. The van der Waals surface area contributed by atoms with Crippen molar-refractivity contribution in [3.05, 3.63) is 70.5 Å². The second kappa shape index (κ2) is 7.55. The van der Waals surface area contributed by atoms with E-state index in [4.69, 9.17) is 17.4 Å². The summed E-state index contributed by atoms with van der Waals surface area (Å²) in [6.45, 7) is 2.11. The molecule has 0 spiro atoms. The molecule has 2 aromatic rings. The number of hydrogen-bond acceptors (Lipinski definition) is 2. The minimum atomic E-state index is -0.286. The summed E-state index contributed by atoms with van der Waals surface area (Å²) in [4.78, 5) is 0. The van der Waals surface area contributed by atoms with E-state index in [0.717, 1.165) is 6.42 Å². The van der Waals surface area contributed by atoms with E-state index in [2.05, 4.69) is 24.5 Å². The minimum Gasteiger partial charge on any atom is -0.271 e. The summed E-state index contributed by atoms with van der Waals surface area (Å²) in [5, 5.41) is 0.406. The molecule has 3 N–H and O–H groups in total. The van der Waals surface area contributed by atoms with Crippen LogP contribution >= 0.6 is 11.6 Å². The monoisotopic (exact) mass is 306 g/mol. The topological polar surface area (TPSA) is 38.0 Å². The minimum absolute atomic E-state index is 0.0342. The predicted molar refractivity (Wildman–Crippen MR) is 85.7 cm³/mol. The Labute approximate surface area is 130 Å². The molecule has 0 aliphatic heterocycles. The van der Waals surface area contributed by atoms with Crippen LogP contribution in [0.2, 0.25) is 5.02 Å². The maximum atomic E-state index is 14.0. The lowest BCUT2D eigenvalue weighted by Crippen LogP contribution is -2.41. The van der Waals surface area contributed by atoms with Gasteiger partial charge < -0.3 is 0 Å². The molecule has 0 saturated carbocycles. The molecule has 112 valence electrons. The van der Waals surface area contributed by atoms with Gasteiger partial charge >= 0.3 is 0 Å². The maximum absolute atomic E-state index is 14.0. The predicted octanol–water partition coefficient (Wildman–Crippen LogP) is 4.05. The number of hydrazine groups is 1. The lowest BCUT2D eigenvalue weighted by atomic mass is 9.86. The molecular weight excluding hydrogens is 287 g/mol. The average molecular weight is 307 g/mol. The van der Waals surface area contributed by atoms with Crippen LogP contribution in [0, 0.1) is 5.82 Å². The van der Waals surface area contributed by atoms with Gasteiger partial charge in [0.1, 0.15) is 5.82 Å². The quantitative estimate of drug-likeness (QED) is 0.624. The van der Waals surface area contributed by atoms with Gasteiger partial charge in [-0.2, -0.15) is 0 Å². The summed E-state index contributed by atoms with van der Waals surface area (Å²) in [7, 11) is 0. The number of benzene rings is 2. The van der Waals surface area contributed by atoms with Crippen molar-refractivity contribution in [3.8, 4) is 0 Å². The van der Waals surface area contributed by atoms with Gasteiger partial charge in [0.05, 0.1) is 0 Å². The molecule has 21 heavy (non-hydrogen) atoms. The summed E-state index contributed by atoms with van der Waals surface area (Å²) in [6.07, 6.45) is 1.45. The van der Waals surface area contributed by atoms with Crippen LogP contribution in [0.3, 0.4) is 0 Å². The highest BCUT2D eigenvalue weighted by Gasteiger charge is 2.22. The van der Waals surface area contributed by atoms with Crippen LogP contribution < -0.4 is 11.3 Å². The van der Waals surface area contributed by atoms with E-state index in [9.17, 15) is 4.39 Å². The summed E-state index contributed by atoms with van der Waals surface area (Å²) in [5.41, 5.74) is 4.67. The SMILES string of the molecule is CCC(c1ccccc1)C(Cc1ccc(Cl)cc1F)NN. The third-order valence-electron chi connectivity index (χ3n) is 3.82. The lowest BCUT2D eigenvalue weighted by molar-refractivity contribution is 0.421. The highest BCUT2D eigenvalue weighted by Crippen LogP contribution is 2.26. The molecule has 2 unspecified atom stereocenters. The second-order valence-electron chi connectivity index (χ2n) is 5.14. The van der Waals surface area contributed by atoms with E-state index >= 15 is 0 Å². The van der Waals surface area contributed by atoms with Gasteiger partial charge in [-0.25, -0.2) is 4.39 Å². The molecule has 2 aromatic carbocycles. The Balaban J connectivity index is 2.22. The van der Waals surface area contributed by atoms with Crippen molar-refractivity contribution in [1.82, 2.24) is 5.43 Å². The molecule has 0 fully saturated rings. The Hall–Kier alpha value is -1.42. The smallest absolute Gasteiger partial charge is 0.127 e. The van der Waals surface area contributed by atoms with Crippen molar-refractivity contribution in [1.29, 1.82) is 0 Å². The normalized spacial score (nSPS) is 13.9. The molecule has 2 atom stereocenters. The van der Waals surface area contributed by atoms with Gasteiger partial charge in [0.2, 0.25) is 0 Å². The molecule has 0 aliphatic rings. The first-order valence-electron chi connectivity index (χ1n) is 7.10. The van der Waals surface area contributed by atoms with E-state index in [1.54, 1.807) is 12.1 Å². The van der Waals surface area contributed by atoms with Crippen molar-refractivity contribution in [2.45, 2.75) is 31.7 Å². The van der Waals surface area contributed by atoms with Gasteiger partial charge in [-0.15, -0.1) is 0 Å². The fourth-order valence-electron chi connectivity index (χ4n) is 2.69. The van der Waals surface area contributed by atoms with Crippen molar-refractivity contribution in [2.24, 2.45) is 5.84 Å². The third kappa shape index (κ3) is 4.03. The van der Waals surface area contributed by atoms with Crippen LogP contribution in [-0.4, -0.2) is 6.04 Å². The van der Waals surface area contributed by atoms with Crippen LogP contribution in [0.5, 0.6) is 0 Å². The molecule has 4 heteroatoms. The maximum Gasteiger partial charge on any atom is 0.127 e. The zero-order valence-electron chi connectivity index (χ0n) is 12.0. The van der Waals surface area contributed by atoms with Crippen LogP contribution in [0.1, 0.15) is 30.4 Å². The van der Waals surface area contributed by atoms with E-state index in [1.165, 1.54) is 11.6 Å². The lowest BCUT2D eigenvalue weighted by Gasteiger charge is -2.26. The largest absolute Gasteiger partial charge is 0.271 e. The Morgan fingerprint density at radius 3 is 2.48 bits per heavy atom. The Bertz CT molecular complexity index is 574. The summed E-state index contributed by atoms with van der Waals surface area (Å²) in [6, 6.07) is 14.9. The third-order valence-corrected chi connectivity index (χ3v) is 4.06. The van der Waals surface area contributed by atoms with E-state index < -0.39 is 0 Å². The average Bonchev–Trinajstić information content (AvgIpc) is 2.50. The summed E-state index contributed by atoms with van der Waals surface area (Å²) < 4.78 is 14.0. The van der Waals surface area contributed by atoms with Crippen LogP contribution in [0.25, 0.3) is 0 Å². The first kappa shape index (κ1) is 16.0. The van der Waals surface area contributed by atoms with Gasteiger partial charge in [-0.3, -0.25) is 11.3 Å². The van der Waals surface area contributed by atoms with Crippen LogP contribution in [-0.2, 0) is 6.42 Å². The van der Waals surface area contributed by atoms with Gasteiger partial charge in [0.25, 0.3) is 0 Å². The van der Waals surface area contributed by atoms with Gasteiger partial charge in [0, 0.05) is 17.0 Å². The molecule has 0 aliphatic carbocycles. The fourth-order valence-corrected chi connectivity index (χ4v) is 2.85. The van der Waals surface area contributed by atoms with Crippen molar-refractivity contribution < 1.29 is 4.39 Å². The first-order valence-corrected chi connectivity index (χ1v) is 7.48. The molecule has 2 nitrogen and oxygen atoms in total. The van der Waals surface area contributed by atoms with E-state index in [1.807, 2.05) is 18.2 Å². The standard InChI is InChI=1S/C17H20ClFN2/c1-2-15(12-6-4-3-5-7-12)17(21-20)10-13-8-9-14(18)11-16(13)19/h3-9,11,15,17,21H,2,10,20H2,1H3. The molecular formula is C17H20ClFN2. The zero-order chi connectivity index (χ0) is 15.2. The number of rotatable bonds is 6. The van der Waals surface area contributed by atoms with Crippen molar-refractivity contribution >= 4 is 11.6 Å². The van der Waals surface area contributed by atoms with Crippen LogP contribution in [0.4, 0.5) is 4.39 Å². The number of hydrogen-bond donors (Lipinski definition) is 2. The molecule has 0 saturated heterocycles. The van der Waals surface area contributed by atoms with E-state index in [-0.39, 0.29) is 17.8 Å². The van der Waals surface area contributed by atoms with Crippen LogP contribution in [0.15, 0.2) is 48.5 Å². The highest BCUT2D eigenvalue weighted by atomic mass is 35.5. The summed E-state index contributed by atoms with van der Waals surface area (Å²) in [5.74, 6) is 5.66. The molecule has 0 radical (unpaired) electrons. The molecule has 2 rings (SSSR count). The molecule has 0 aromatic heterocycles. The fraction of sp³-hybridized carbons (Fsp3) is 0.294. The molecule has 0 amide bonds. The van der Waals surface area contributed by atoms with Crippen molar-refractivity contribution in [2.75, 3.05) is 0 Å². The Morgan fingerprint density at radius 2 is 1.90 bits per heavy atom. The van der Waals surface area contributed by atoms with Gasteiger partial charge in [-0.1, -0.05) is 54.9 Å². The number of nitrogens with one attached hydrogen (secondary N) is 1. The molecule has 0 heterocycles. The first-order chi connectivity index (χ1) is 10.2. The zero-order valence-corrected chi connectivity index (χ0v) is 12.8. The molecule has 0 bridgehead atoms. The van der Waals surface area contributed by atoms with Crippen molar-refractivity contribution in [3.63, 3.8) is 0 Å². The number of nitrogens with two attached hydrogens (primary N) is 1. The second-order valence-corrected chi connectivity index (χ2v) is 5.57.